The van der Waals surface area contributed by atoms with E-state index in [-0.39, 0.29) is 5.92 Å². The Hall–Kier alpha value is -1.32. The Morgan fingerprint density at radius 1 is 1.47 bits per heavy atom. The molecule has 1 saturated carbocycles. The lowest BCUT2D eigenvalue weighted by atomic mass is 9.82. The molecule has 0 unspecified atom stereocenters. The van der Waals surface area contributed by atoms with Crippen LogP contribution in [0.3, 0.4) is 0 Å². The topological polar surface area (TPSA) is 66.0 Å². The highest BCUT2D eigenvalue weighted by atomic mass is 16.4. The van der Waals surface area contributed by atoms with Crippen molar-refractivity contribution >= 4 is 5.97 Å². The molecule has 15 heavy (non-hydrogen) atoms. The number of nitrogens with one attached hydrogen (secondary N) is 1. The fourth-order valence-electron chi connectivity index (χ4n) is 2.25. The van der Waals surface area contributed by atoms with Crippen LogP contribution in [-0.4, -0.2) is 21.0 Å². The van der Waals surface area contributed by atoms with Crippen molar-refractivity contribution in [3.63, 3.8) is 0 Å². The van der Waals surface area contributed by atoms with Gasteiger partial charge in [-0.2, -0.15) is 0 Å². The highest BCUT2D eigenvalue weighted by molar-refractivity contribution is 5.70. The molecular weight excluding hydrogens is 192 g/mol. The summed E-state index contributed by atoms with van der Waals surface area (Å²) in [5.74, 6) is 0.659. The third-order valence-corrected chi connectivity index (χ3v) is 3.19. The van der Waals surface area contributed by atoms with Crippen LogP contribution < -0.4 is 0 Å². The SMILES string of the molecule is Cc1cnc(C2CCC(C(=O)O)CC2)[nH]1. The smallest absolute Gasteiger partial charge is 0.306 e. The van der Waals surface area contributed by atoms with Gasteiger partial charge in [0, 0.05) is 17.8 Å². The van der Waals surface area contributed by atoms with Gasteiger partial charge in [-0.1, -0.05) is 0 Å². The fourth-order valence-corrected chi connectivity index (χ4v) is 2.25. The molecule has 1 aliphatic rings. The maximum absolute atomic E-state index is 10.8. The van der Waals surface area contributed by atoms with E-state index in [0.29, 0.717) is 5.92 Å². The Labute approximate surface area is 88.7 Å². The van der Waals surface area contributed by atoms with E-state index >= 15 is 0 Å². The molecule has 1 heterocycles. The standard InChI is InChI=1S/C11H16N2O2/c1-7-6-12-10(13-7)8-2-4-9(5-3-8)11(14)15/h6,8-9H,2-5H2,1H3,(H,12,13)(H,14,15). The molecule has 0 spiro atoms. The summed E-state index contributed by atoms with van der Waals surface area (Å²) in [6, 6.07) is 0. The molecule has 1 aromatic rings. The Bertz CT molecular complexity index is 351. The molecule has 0 amide bonds. The predicted molar refractivity (Wildman–Crippen MR) is 55.7 cm³/mol. The molecule has 0 atom stereocenters. The zero-order chi connectivity index (χ0) is 10.8. The van der Waals surface area contributed by atoms with Crippen molar-refractivity contribution in [2.75, 3.05) is 0 Å². The zero-order valence-electron chi connectivity index (χ0n) is 8.86. The molecule has 4 heteroatoms. The quantitative estimate of drug-likeness (QED) is 0.782. The molecule has 0 radical (unpaired) electrons. The second-order valence-electron chi connectivity index (χ2n) is 4.34. The third-order valence-electron chi connectivity index (χ3n) is 3.19. The van der Waals surface area contributed by atoms with E-state index in [9.17, 15) is 4.79 Å². The highest BCUT2D eigenvalue weighted by Crippen LogP contribution is 2.34. The number of H-pyrrole nitrogens is 1. The number of aryl methyl sites for hydroxylation is 1. The number of hydrogen-bond acceptors (Lipinski definition) is 2. The number of nitrogens with zero attached hydrogens (tertiary/aromatic N) is 1. The van der Waals surface area contributed by atoms with Gasteiger partial charge in [0.2, 0.25) is 0 Å². The number of carbonyl (C=O) groups is 1. The van der Waals surface area contributed by atoms with Crippen molar-refractivity contribution in [2.45, 2.75) is 38.5 Å². The molecule has 1 aliphatic carbocycles. The summed E-state index contributed by atoms with van der Waals surface area (Å²) in [6.45, 7) is 1.99. The number of carboxylic acid groups (broad SMARTS) is 1. The summed E-state index contributed by atoms with van der Waals surface area (Å²) in [5.41, 5.74) is 1.07. The lowest BCUT2D eigenvalue weighted by molar-refractivity contribution is -0.142. The van der Waals surface area contributed by atoms with Crippen LogP contribution in [0.1, 0.15) is 43.1 Å². The Kier molecular flexibility index (Phi) is 2.75. The minimum atomic E-state index is -0.649. The summed E-state index contributed by atoms with van der Waals surface area (Å²) in [6.07, 6.45) is 5.26. The molecule has 2 rings (SSSR count). The van der Waals surface area contributed by atoms with E-state index in [4.69, 9.17) is 5.11 Å². The van der Waals surface area contributed by atoms with E-state index in [1.807, 2.05) is 13.1 Å². The lowest BCUT2D eigenvalue weighted by Crippen LogP contribution is -2.21. The van der Waals surface area contributed by atoms with Gasteiger partial charge < -0.3 is 10.1 Å². The largest absolute Gasteiger partial charge is 0.481 e. The first kappa shape index (κ1) is 10.2. The molecule has 82 valence electrons. The molecule has 2 N–H and O–H groups in total. The van der Waals surface area contributed by atoms with Gasteiger partial charge >= 0.3 is 5.97 Å². The van der Waals surface area contributed by atoms with Crippen LogP contribution in [0, 0.1) is 12.8 Å². The van der Waals surface area contributed by atoms with Crippen molar-refractivity contribution < 1.29 is 9.90 Å². The minimum Gasteiger partial charge on any atom is -0.481 e. The average Bonchev–Trinajstić information content (AvgIpc) is 2.65. The summed E-state index contributed by atoms with van der Waals surface area (Å²) >= 11 is 0. The van der Waals surface area contributed by atoms with Crippen molar-refractivity contribution in [1.82, 2.24) is 9.97 Å². The van der Waals surface area contributed by atoms with Crippen LogP contribution in [0.5, 0.6) is 0 Å². The monoisotopic (exact) mass is 208 g/mol. The number of aliphatic carboxylic acids is 1. The van der Waals surface area contributed by atoms with Crippen LogP contribution >= 0.6 is 0 Å². The van der Waals surface area contributed by atoms with Crippen LogP contribution in [-0.2, 0) is 4.79 Å². The third kappa shape index (κ3) is 2.19. The summed E-state index contributed by atoms with van der Waals surface area (Å²) in [4.78, 5) is 18.3. The Balaban J connectivity index is 1.96. The Morgan fingerprint density at radius 3 is 2.60 bits per heavy atom. The predicted octanol–water partition coefficient (Wildman–Crippen LogP) is 2.08. The molecular formula is C11H16N2O2. The van der Waals surface area contributed by atoms with Gasteiger partial charge in [0.05, 0.1) is 5.92 Å². The van der Waals surface area contributed by atoms with E-state index in [1.54, 1.807) is 0 Å². The van der Waals surface area contributed by atoms with Gasteiger partial charge in [-0.05, 0) is 32.6 Å². The number of hydrogen-bond donors (Lipinski definition) is 2. The van der Waals surface area contributed by atoms with E-state index in [0.717, 1.165) is 37.2 Å². The van der Waals surface area contributed by atoms with Crippen LogP contribution in [0.4, 0.5) is 0 Å². The van der Waals surface area contributed by atoms with Crippen molar-refractivity contribution in [3.05, 3.63) is 17.7 Å². The molecule has 4 nitrogen and oxygen atoms in total. The lowest BCUT2D eigenvalue weighted by Gasteiger charge is -2.24. The molecule has 0 bridgehead atoms. The molecule has 1 fully saturated rings. The zero-order valence-corrected chi connectivity index (χ0v) is 8.86. The molecule has 0 saturated heterocycles. The minimum absolute atomic E-state index is 0.141. The molecule has 1 aromatic heterocycles. The summed E-state index contributed by atoms with van der Waals surface area (Å²) < 4.78 is 0. The number of rotatable bonds is 2. The maximum Gasteiger partial charge on any atom is 0.306 e. The van der Waals surface area contributed by atoms with Gasteiger partial charge in [0.15, 0.2) is 0 Å². The van der Waals surface area contributed by atoms with Crippen LogP contribution in [0.15, 0.2) is 6.20 Å². The van der Waals surface area contributed by atoms with Gasteiger partial charge in [-0.25, -0.2) is 4.98 Å². The maximum atomic E-state index is 10.8. The van der Waals surface area contributed by atoms with Crippen molar-refractivity contribution in [3.8, 4) is 0 Å². The number of imidazole rings is 1. The first-order valence-electron chi connectivity index (χ1n) is 5.41. The number of aromatic nitrogens is 2. The van der Waals surface area contributed by atoms with Gasteiger partial charge in [0.1, 0.15) is 5.82 Å². The van der Waals surface area contributed by atoms with Crippen LogP contribution in [0.2, 0.25) is 0 Å². The second-order valence-corrected chi connectivity index (χ2v) is 4.34. The number of aromatic amines is 1. The normalized spacial score (nSPS) is 26.5. The highest BCUT2D eigenvalue weighted by Gasteiger charge is 2.27. The first-order valence-corrected chi connectivity index (χ1v) is 5.41. The van der Waals surface area contributed by atoms with Crippen molar-refractivity contribution in [2.24, 2.45) is 5.92 Å². The molecule has 0 aliphatic heterocycles. The van der Waals surface area contributed by atoms with Crippen LogP contribution in [0.25, 0.3) is 0 Å². The van der Waals surface area contributed by atoms with E-state index in [1.165, 1.54) is 0 Å². The first-order chi connectivity index (χ1) is 7.16. The van der Waals surface area contributed by atoms with E-state index in [2.05, 4.69) is 9.97 Å². The van der Waals surface area contributed by atoms with Gasteiger partial charge in [-0.3, -0.25) is 4.79 Å². The Morgan fingerprint density at radius 2 is 2.13 bits per heavy atom. The summed E-state index contributed by atoms with van der Waals surface area (Å²) in [7, 11) is 0. The van der Waals surface area contributed by atoms with Crippen molar-refractivity contribution in [1.29, 1.82) is 0 Å². The van der Waals surface area contributed by atoms with E-state index < -0.39 is 5.97 Å². The number of carboxylic acids is 1. The average molecular weight is 208 g/mol. The summed E-state index contributed by atoms with van der Waals surface area (Å²) in [5, 5.41) is 8.88. The van der Waals surface area contributed by atoms with Gasteiger partial charge in [0.25, 0.3) is 0 Å². The second kappa shape index (κ2) is 4.04. The molecule has 0 aromatic carbocycles. The fraction of sp³-hybridized carbons (Fsp3) is 0.636. The van der Waals surface area contributed by atoms with Gasteiger partial charge in [-0.15, -0.1) is 0 Å².